The summed E-state index contributed by atoms with van der Waals surface area (Å²) in [4.78, 5) is 0. The quantitative estimate of drug-likeness (QED) is 0.502. The van der Waals surface area contributed by atoms with Crippen LogP contribution in [0.4, 0.5) is 0 Å². The zero-order chi connectivity index (χ0) is 22.4. The average molecular weight is 428 g/mol. The van der Waals surface area contributed by atoms with Crippen molar-refractivity contribution in [3.8, 4) is 22.6 Å². The fourth-order valence-corrected chi connectivity index (χ4v) is 4.58. The van der Waals surface area contributed by atoms with Crippen LogP contribution < -0.4 is 4.74 Å². The average Bonchev–Trinajstić information content (AvgIpc) is 2.76. The van der Waals surface area contributed by atoms with E-state index in [0.717, 1.165) is 51.8 Å². The van der Waals surface area contributed by atoms with Crippen LogP contribution in [0.15, 0.2) is 24.8 Å². The predicted octanol–water partition coefficient (Wildman–Crippen LogP) is 1.60. The number of hydrogen-bond acceptors (Lipinski definition) is 7. The molecule has 4 rings (SSSR count). The molecule has 0 bridgehead atoms. The van der Waals surface area contributed by atoms with Crippen molar-refractivity contribution < 1.29 is 35.0 Å². The van der Waals surface area contributed by atoms with Crippen molar-refractivity contribution in [2.24, 2.45) is 0 Å². The van der Waals surface area contributed by atoms with E-state index in [9.17, 15) is 25.5 Å². The lowest BCUT2D eigenvalue weighted by atomic mass is 9.79. The van der Waals surface area contributed by atoms with Crippen molar-refractivity contribution in [3.63, 3.8) is 0 Å². The van der Waals surface area contributed by atoms with E-state index in [0.29, 0.717) is 5.75 Å². The van der Waals surface area contributed by atoms with Gasteiger partial charge in [-0.05, 0) is 77.8 Å². The molecular formula is C24H28O7. The maximum atomic E-state index is 10.3. The summed E-state index contributed by atoms with van der Waals surface area (Å²) in [6.45, 7) is 7.20. The number of aliphatic hydroxyl groups excluding tert-OH is 4. The molecule has 1 saturated heterocycles. The topological polar surface area (TPSA) is 120 Å². The highest BCUT2D eigenvalue weighted by molar-refractivity contribution is 5.85. The third-order valence-corrected chi connectivity index (χ3v) is 6.45. The highest BCUT2D eigenvalue weighted by atomic mass is 16.7. The molecule has 166 valence electrons. The number of fused-ring (bicyclic) bond motifs is 3. The molecule has 7 nitrogen and oxygen atoms in total. The third-order valence-electron chi connectivity index (χ3n) is 6.45. The van der Waals surface area contributed by atoms with Gasteiger partial charge in [0.05, 0.1) is 6.61 Å². The number of rotatable bonds is 4. The molecule has 0 saturated carbocycles. The normalized spacial score (nSPS) is 27.4. The minimum absolute atomic E-state index is 0.261. The minimum atomic E-state index is -1.49. The van der Waals surface area contributed by atoms with Gasteiger partial charge in [-0.2, -0.15) is 0 Å². The SMILES string of the molecule is C=Cc1c(C)c(O)cc2c1-c1ccc(OC3OC(CO)C(O)C(O)C3O)c(C)c1CC2. The Bertz CT molecular complexity index is 1010. The number of hydrogen-bond donors (Lipinski definition) is 5. The number of ether oxygens (including phenoxy) is 2. The first kappa shape index (κ1) is 21.8. The fraction of sp³-hybridized carbons (Fsp3) is 0.417. The van der Waals surface area contributed by atoms with Crippen LogP contribution in [-0.4, -0.2) is 62.8 Å². The van der Waals surface area contributed by atoms with E-state index in [2.05, 4.69) is 6.58 Å². The number of aromatic hydroxyl groups is 1. The van der Waals surface area contributed by atoms with Gasteiger partial charge in [-0.15, -0.1) is 0 Å². The Labute approximate surface area is 180 Å². The van der Waals surface area contributed by atoms with Gasteiger partial charge in [-0.3, -0.25) is 0 Å². The van der Waals surface area contributed by atoms with Crippen LogP contribution >= 0.6 is 0 Å². The molecule has 0 aromatic heterocycles. The second kappa shape index (κ2) is 8.26. The molecule has 1 aliphatic carbocycles. The van der Waals surface area contributed by atoms with Crippen LogP contribution in [-0.2, 0) is 17.6 Å². The molecule has 31 heavy (non-hydrogen) atoms. The largest absolute Gasteiger partial charge is 0.508 e. The molecule has 5 atom stereocenters. The van der Waals surface area contributed by atoms with Gasteiger partial charge in [0.15, 0.2) is 0 Å². The molecule has 1 heterocycles. The molecule has 2 aromatic carbocycles. The second-order valence-corrected chi connectivity index (χ2v) is 8.20. The van der Waals surface area contributed by atoms with E-state index in [1.54, 1.807) is 12.1 Å². The zero-order valence-corrected chi connectivity index (χ0v) is 17.6. The molecular weight excluding hydrogens is 400 g/mol. The number of aryl methyl sites for hydroxylation is 1. The summed E-state index contributed by atoms with van der Waals surface area (Å²) < 4.78 is 11.4. The predicted molar refractivity (Wildman–Crippen MR) is 115 cm³/mol. The maximum Gasteiger partial charge on any atom is 0.229 e. The van der Waals surface area contributed by atoms with E-state index >= 15 is 0 Å². The minimum Gasteiger partial charge on any atom is -0.508 e. The highest BCUT2D eigenvalue weighted by Crippen LogP contribution is 2.44. The molecule has 2 aromatic rings. The summed E-state index contributed by atoms with van der Waals surface area (Å²) >= 11 is 0. The molecule has 2 aliphatic rings. The lowest BCUT2D eigenvalue weighted by Gasteiger charge is -2.39. The maximum absolute atomic E-state index is 10.3. The van der Waals surface area contributed by atoms with E-state index in [1.165, 1.54) is 0 Å². The summed E-state index contributed by atoms with van der Waals surface area (Å²) in [6, 6.07) is 5.53. The Balaban J connectivity index is 1.71. The van der Waals surface area contributed by atoms with Crippen LogP contribution in [0.25, 0.3) is 17.2 Å². The van der Waals surface area contributed by atoms with Gasteiger partial charge < -0.3 is 35.0 Å². The van der Waals surface area contributed by atoms with Gasteiger partial charge in [-0.25, -0.2) is 0 Å². The first-order valence-corrected chi connectivity index (χ1v) is 10.4. The molecule has 1 aliphatic heterocycles. The number of aliphatic hydroxyl groups is 4. The molecule has 0 spiro atoms. The van der Waals surface area contributed by atoms with Crippen LogP contribution in [0, 0.1) is 13.8 Å². The summed E-state index contributed by atoms with van der Waals surface area (Å²) in [5.41, 5.74) is 6.79. The number of phenols is 1. The van der Waals surface area contributed by atoms with Crippen molar-refractivity contribution in [2.75, 3.05) is 6.61 Å². The molecule has 7 heteroatoms. The van der Waals surface area contributed by atoms with Gasteiger partial charge in [0.2, 0.25) is 6.29 Å². The molecule has 5 N–H and O–H groups in total. The summed E-state index contributed by atoms with van der Waals surface area (Å²) in [5, 5.41) is 49.9. The Hall–Kier alpha value is -2.42. The monoisotopic (exact) mass is 428 g/mol. The van der Waals surface area contributed by atoms with E-state index < -0.39 is 37.3 Å². The Morgan fingerprint density at radius 2 is 1.84 bits per heavy atom. The summed E-state index contributed by atoms with van der Waals surface area (Å²) in [5.74, 6) is 0.749. The van der Waals surface area contributed by atoms with Gasteiger partial charge in [0, 0.05) is 0 Å². The van der Waals surface area contributed by atoms with Crippen molar-refractivity contribution in [1.82, 2.24) is 0 Å². The fourth-order valence-electron chi connectivity index (χ4n) is 4.58. The van der Waals surface area contributed by atoms with E-state index in [4.69, 9.17) is 9.47 Å². The van der Waals surface area contributed by atoms with Crippen LogP contribution in [0.2, 0.25) is 0 Å². The first-order valence-electron chi connectivity index (χ1n) is 10.4. The number of phenolic OH excluding ortho intramolecular Hbond substituents is 1. The lowest BCUT2D eigenvalue weighted by Crippen LogP contribution is -2.60. The van der Waals surface area contributed by atoms with Gasteiger partial charge >= 0.3 is 0 Å². The molecule has 5 unspecified atom stereocenters. The number of benzene rings is 2. The summed E-state index contributed by atoms with van der Waals surface area (Å²) in [6.07, 6.45) is -3.39. The van der Waals surface area contributed by atoms with Crippen molar-refractivity contribution in [3.05, 3.63) is 52.6 Å². The smallest absolute Gasteiger partial charge is 0.229 e. The Morgan fingerprint density at radius 3 is 2.52 bits per heavy atom. The standard InChI is InChI=1S/C24H28O7/c1-4-14-11(2)17(26)9-13-5-6-15-12(3)18(8-7-16(15)20(13)14)30-24-23(29)22(28)21(27)19(10-25)31-24/h4,7-9,19,21-29H,1,5-6,10H2,2-3H3. The van der Waals surface area contributed by atoms with Gasteiger partial charge in [0.25, 0.3) is 0 Å². The lowest BCUT2D eigenvalue weighted by molar-refractivity contribution is -0.277. The first-order chi connectivity index (χ1) is 14.8. The van der Waals surface area contributed by atoms with Crippen LogP contribution in [0.5, 0.6) is 11.5 Å². The third kappa shape index (κ3) is 3.52. The second-order valence-electron chi connectivity index (χ2n) is 8.20. The summed E-state index contributed by atoms with van der Waals surface area (Å²) in [7, 11) is 0. The van der Waals surface area contributed by atoms with E-state index in [1.807, 2.05) is 26.0 Å². The zero-order valence-electron chi connectivity index (χ0n) is 17.6. The van der Waals surface area contributed by atoms with Crippen molar-refractivity contribution in [1.29, 1.82) is 0 Å². The highest BCUT2D eigenvalue weighted by Gasteiger charge is 2.45. The Morgan fingerprint density at radius 1 is 1.10 bits per heavy atom. The Kier molecular flexibility index (Phi) is 5.81. The molecule has 1 fully saturated rings. The molecule has 0 radical (unpaired) electrons. The van der Waals surface area contributed by atoms with Crippen LogP contribution in [0.1, 0.15) is 27.8 Å². The van der Waals surface area contributed by atoms with Crippen molar-refractivity contribution in [2.45, 2.75) is 57.4 Å². The van der Waals surface area contributed by atoms with Gasteiger partial charge in [-0.1, -0.05) is 18.7 Å². The van der Waals surface area contributed by atoms with Crippen LogP contribution in [0.3, 0.4) is 0 Å². The van der Waals surface area contributed by atoms with E-state index in [-0.39, 0.29) is 5.75 Å². The van der Waals surface area contributed by atoms with Crippen molar-refractivity contribution >= 4 is 6.08 Å². The molecule has 0 amide bonds. The van der Waals surface area contributed by atoms with Gasteiger partial charge in [0.1, 0.15) is 35.9 Å².